The van der Waals surface area contributed by atoms with E-state index in [1.807, 2.05) is 36.0 Å². The van der Waals surface area contributed by atoms with Crippen molar-refractivity contribution in [1.29, 1.82) is 0 Å². The Kier molecular flexibility index (Phi) is 4.93. The van der Waals surface area contributed by atoms with Crippen LogP contribution in [0.5, 0.6) is 0 Å². The van der Waals surface area contributed by atoms with Gasteiger partial charge in [0, 0.05) is 64.3 Å². The summed E-state index contributed by atoms with van der Waals surface area (Å²) in [4.78, 5) is 27.7. The van der Waals surface area contributed by atoms with E-state index in [1.165, 1.54) is 0 Å². The van der Waals surface area contributed by atoms with Crippen LogP contribution in [0.15, 0.2) is 18.5 Å². The average molecular weight is 371 g/mol. The summed E-state index contributed by atoms with van der Waals surface area (Å²) >= 11 is 0. The summed E-state index contributed by atoms with van der Waals surface area (Å²) in [5, 5.41) is 4.39. The first kappa shape index (κ1) is 17.7. The van der Waals surface area contributed by atoms with Gasteiger partial charge in [-0.05, 0) is 13.0 Å². The molecule has 2 fully saturated rings. The number of hydrogen-bond acceptors (Lipinski definition) is 6. The maximum atomic E-state index is 12.6. The van der Waals surface area contributed by atoms with Gasteiger partial charge < -0.3 is 19.4 Å². The summed E-state index contributed by atoms with van der Waals surface area (Å²) in [5.41, 5.74) is 2.84. The van der Waals surface area contributed by atoms with E-state index in [0.29, 0.717) is 45.3 Å². The number of nitrogens with zero attached hydrogens (tertiary/aromatic N) is 7. The number of morpholine rings is 1. The minimum atomic E-state index is 0.110. The highest BCUT2D eigenvalue weighted by atomic mass is 16.5. The van der Waals surface area contributed by atoms with E-state index >= 15 is 0 Å². The number of amides is 2. The zero-order chi connectivity index (χ0) is 18.8. The molecule has 2 amide bonds. The van der Waals surface area contributed by atoms with Crippen molar-refractivity contribution in [3.63, 3.8) is 0 Å². The zero-order valence-corrected chi connectivity index (χ0v) is 15.8. The number of piperazine rings is 1. The van der Waals surface area contributed by atoms with Crippen LogP contribution < -0.4 is 4.90 Å². The zero-order valence-electron chi connectivity index (χ0n) is 15.8. The van der Waals surface area contributed by atoms with Crippen molar-refractivity contribution in [1.82, 2.24) is 29.5 Å². The largest absolute Gasteiger partial charge is 0.378 e. The van der Waals surface area contributed by atoms with Crippen LogP contribution in [0.25, 0.3) is 11.3 Å². The van der Waals surface area contributed by atoms with Crippen LogP contribution in [0.1, 0.15) is 5.69 Å². The molecular weight excluding hydrogens is 346 g/mol. The molecule has 0 N–H and O–H groups in total. The Labute approximate surface area is 158 Å². The lowest BCUT2D eigenvalue weighted by Gasteiger charge is -2.38. The van der Waals surface area contributed by atoms with Gasteiger partial charge in [-0.15, -0.1) is 0 Å². The molecule has 2 aromatic rings. The molecule has 9 nitrogen and oxygen atoms in total. The molecule has 0 atom stereocenters. The quantitative estimate of drug-likeness (QED) is 0.775. The van der Waals surface area contributed by atoms with Gasteiger partial charge in [0.25, 0.3) is 0 Å². The number of aromatic nitrogens is 4. The molecule has 144 valence electrons. The number of carbonyl (C=O) groups excluding carboxylic acids is 1. The maximum absolute atomic E-state index is 12.6. The molecular formula is C18H25N7O2. The lowest BCUT2D eigenvalue weighted by molar-refractivity contribution is 0.0428. The summed E-state index contributed by atoms with van der Waals surface area (Å²) in [7, 11) is 1.91. The van der Waals surface area contributed by atoms with Gasteiger partial charge in [-0.3, -0.25) is 4.68 Å². The van der Waals surface area contributed by atoms with Crippen LogP contribution in [-0.2, 0) is 11.8 Å². The van der Waals surface area contributed by atoms with Crippen molar-refractivity contribution in [2.24, 2.45) is 7.05 Å². The van der Waals surface area contributed by atoms with Crippen molar-refractivity contribution >= 4 is 12.0 Å². The molecule has 2 aliphatic heterocycles. The fraction of sp³-hybridized carbons (Fsp3) is 0.556. The molecule has 4 heterocycles. The third-order valence-electron chi connectivity index (χ3n) is 5.05. The number of hydrogen-bond donors (Lipinski definition) is 0. The molecule has 2 aromatic heterocycles. The highest BCUT2D eigenvalue weighted by Crippen LogP contribution is 2.22. The molecule has 0 bridgehead atoms. The lowest BCUT2D eigenvalue weighted by atomic mass is 10.2. The fourth-order valence-electron chi connectivity index (χ4n) is 3.55. The molecule has 4 rings (SSSR count). The number of ether oxygens (including phenoxy) is 1. The predicted molar refractivity (Wildman–Crippen MR) is 101 cm³/mol. The monoisotopic (exact) mass is 371 g/mol. The number of carbonyl (C=O) groups is 1. The lowest BCUT2D eigenvalue weighted by Crippen LogP contribution is -2.55. The third kappa shape index (κ3) is 3.73. The first-order valence-corrected chi connectivity index (χ1v) is 9.32. The Morgan fingerprint density at radius 1 is 1.07 bits per heavy atom. The topological polar surface area (TPSA) is 79.6 Å². The molecule has 0 spiro atoms. The minimum absolute atomic E-state index is 0.110. The molecule has 0 unspecified atom stereocenters. The summed E-state index contributed by atoms with van der Waals surface area (Å²) in [5.74, 6) is 0.703. The van der Waals surface area contributed by atoms with Gasteiger partial charge in [-0.25, -0.2) is 14.8 Å². The van der Waals surface area contributed by atoms with E-state index in [1.54, 1.807) is 10.9 Å². The van der Waals surface area contributed by atoms with Gasteiger partial charge in [0.1, 0.15) is 0 Å². The molecule has 0 aromatic carbocycles. The van der Waals surface area contributed by atoms with Gasteiger partial charge in [-0.1, -0.05) is 0 Å². The van der Waals surface area contributed by atoms with E-state index in [2.05, 4.69) is 15.0 Å². The normalized spacial score (nSPS) is 18.1. The third-order valence-corrected chi connectivity index (χ3v) is 5.05. The van der Waals surface area contributed by atoms with Gasteiger partial charge in [0.2, 0.25) is 5.95 Å². The Bertz CT molecular complexity index is 808. The highest BCUT2D eigenvalue weighted by Gasteiger charge is 2.27. The predicted octanol–water partition coefficient (Wildman–Crippen LogP) is 0.760. The van der Waals surface area contributed by atoms with E-state index in [0.717, 1.165) is 30.0 Å². The average Bonchev–Trinajstić information content (AvgIpc) is 3.06. The van der Waals surface area contributed by atoms with Gasteiger partial charge >= 0.3 is 6.03 Å². The second kappa shape index (κ2) is 7.51. The van der Waals surface area contributed by atoms with Crippen LogP contribution in [-0.4, -0.2) is 88.1 Å². The molecule has 0 saturated carbocycles. The number of aryl methyl sites for hydroxylation is 2. The van der Waals surface area contributed by atoms with Crippen molar-refractivity contribution < 1.29 is 9.53 Å². The molecule has 2 saturated heterocycles. The Morgan fingerprint density at radius 3 is 2.44 bits per heavy atom. The van der Waals surface area contributed by atoms with E-state index in [9.17, 15) is 4.79 Å². The van der Waals surface area contributed by atoms with E-state index < -0.39 is 0 Å². The summed E-state index contributed by atoms with van der Waals surface area (Å²) in [6.45, 7) is 7.39. The van der Waals surface area contributed by atoms with Crippen LogP contribution >= 0.6 is 0 Å². The van der Waals surface area contributed by atoms with E-state index in [-0.39, 0.29) is 6.03 Å². The second-order valence-electron chi connectivity index (χ2n) is 6.90. The van der Waals surface area contributed by atoms with Crippen molar-refractivity contribution in [3.8, 4) is 11.3 Å². The fourth-order valence-corrected chi connectivity index (χ4v) is 3.55. The number of urea groups is 1. The molecule has 2 aliphatic rings. The minimum Gasteiger partial charge on any atom is -0.378 e. The summed E-state index contributed by atoms with van der Waals surface area (Å²) < 4.78 is 7.12. The molecule has 27 heavy (non-hydrogen) atoms. The first-order valence-electron chi connectivity index (χ1n) is 9.32. The standard InChI is InChI=1S/C18H25N7O2/c1-14-15(13-22(2)21-14)16-3-4-19-17(20-16)23-5-7-24(8-6-23)18(26)25-9-11-27-12-10-25/h3-4,13H,5-12H2,1-2H3. The Balaban J connectivity index is 1.42. The SMILES string of the molecule is Cc1nn(C)cc1-c1ccnc(N2CCN(C(=O)N3CCOCC3)CC2)n1. The van der Waals surface area contributed by atoms with Crippen LogP contribution in [0.3, 0.4) is 0 Å². The van der Waals surface area contributed by atoms with Gasteiger partial charge in [0.05, 0.1) is 24.6 Å². The van der Waals surface area contributed by atoms with Crippen molar-refractivity contribution in [2.75, 3.05) is 57.4 Å². The molecule has 9 heteroatoms. The van der Waals surface area contributed by atoms with Crippen LogP contribution in [0.2, 0.25) is 0 Å². The second-order valence-corrected chi connectivity index (χ2v) is 6.90. The van der Waals surface area contributed by atoms with Gasteiger partial charge in [-0.2, -0.15) is 5.10 Å². The number of rotatable bonds is 2. The van der Waals surface area contributed by atoms with E-state index in [4.69, 9.17) is 9.72 Å². The van der Waals surface area contributed by atoms with Crippen molar-refractivity contribution in [2.45, 2.75) is 6.92 Å². The summed E-state index contributed by atoms with van der Waals surface area (Å²) in [6.07, 6.45) is 3.76. The first-order chi connectivity index (χ1) is 13.1. The summed E-state index contributed by atoms with van der Waals surface area (Å²) in [6, 6.07) is 2.02. The molecule has 0 aliphatic carbocycles. The maximum Gasteiger partial charge on any atom is 0.320 e. The van der Waals surface area contributed by atoms with Crippen LogP contribution in [0, 0.1) is 6.92 Å². The number of anilines is 1. The Hall–Kier alpha value is -2.68. The van der Waals surface area contributed by atoms with Gasteiger partial charge in [0.15, 0.2) is 0 Å². The van der Waals surface area contributed by atoms with Crippen molar-refractivity contribution in [3.05, 3.63) is 24.2 Å². The Morgan fingerprint density at radius 2 is 1.78 bits per heavy atom. The van der Waals surface area contributed by atoms with Crippen LogP contribution in [0.4, 0.5) is 10.7 Å². The smallest absolute Gasteiger partial charge is 0.320 e. The highest BCUT2D eigenvalue weighted by molar-refractivity contribution is 5.75. The molecule has 0 radical (unpaired) electrons.